The molecule has 0 bridgehead atoms. The second kappa shape index (κ2) is 9.16. The summed E-state index contributed by atoms with van der Waals surface area (Å²) in [6.45, 7) is 8.05. The molecule has 0 radical (unpaired) electrons. The number of carbonyl (C=O) groups excluding carboxylic acids is 2. The third-order valence-corrected chi connectivity index (χ3v) is 7.86. The van der Waals surface area contributed by atoms with Gasteiger partial charge in [0.25, 0.3) is 0 Å². The van der Waals surface area contributed by atoms with Gasteiger partial charge in [0, 0.05) is 44.7 Å². The number of benzene rings is 1. The molecule has 2 aliphatic rings. The van der Waals surface area contributed by atoms with Gasteiger partial charge in [-0.15, -0.1) is 0 Å². The van der Waals surface area contributed by atoms with E-state index in [1.807, 2.05) is 20.8 Å². The minimum absolute atomic E-state index is 0.0212. The van der Waals surface area contributed by atoms with Gasteiger partial charge in [-0.2, -0.15) is 4.31 Å². The largest absolute Gasteiger partial charge is 0.497 e. The van der Waals surface area contributed by atoms with Crippen molar-refractivity contribution in [2.75, 3.05) is 46.4 Å². The molecule has 2 amide bonds. The molecule has 8 nitrogen and oxygen atoms in total. The van der Waals surface area contributed by atoms with Gasteiger partial charge in [-0.3, -0.25) is 9.59 Å². The van der Waals surface area contributed by atoms with Gasteiger partial charge in [0.2, 0.25) is 21.8 Å². The molecule has 1 aromatic carbocycles. The van der Waals surface area contributed by atoms with Crippen LogP contribution in [0.25, 0.3) is 0 Å². The first kappa shape index (κ1) is 23.5. The Kier molecular flexibility index (Phi) is 6.95. The number of carbonyl (C=O) groups is 2. The summed E-state index contributed by atoms with van der Waals surface area (Å²) in [5.41, 5.74) is -0.466. The average Bonchev–Trinajstić information content (AvgIpc) is 2.77. The van der Waals surface area contributed by atoms with Gasteiger partial charge in [-0.05, 0) is 37.1 Å². The number of piperazine rings is 1. The van der Waals surface area contributed by atoms with Crippen LogP contribution in [0.2, 0.25) is 0 Å². The first-order chi connectivity index (χ1) is 14.5. The van der Waals surface area contributed by atoms with Crippen molar-refractivity contribution < 1.29 is 22.7 Å². The normalized spacial score (nSPS) is 21.1. The van der Waals surface area contributed by atoms with Crippen molar-refractivity contribution in [1.29, 1.82) is 0 Å². The zero-order valence-corrected chi connectivity index (χ0v) is 19.7. The molecule has 2 fully saturated rings. The van der Waals surface area contributed by atoms with E-state index in [1.165, 1.54) is 23.5 Å². The van der Waals surface area contributed by atoms with E-state index in [2.05, 4.69) is 0 Å². The molecule has 172 valence electrons. The molecule has 0 N–H and O–H groups in total. The van der Waals surface area contributed by atoms with E-state index in [1.54, 1.807) is 21.9 Å². The van der Waals surface area contributed by atoms with Crippen LogP contribution >= 0.6 is 0 Å². The summed E-state index contributed by atoms with van der Waals surface area (Å²) < 4.78 is 32.3. The molecule has 1 aromatic rings. The Morgan fingerprint density at radius 1 is 0.968 bits per heavy atom. The van der Waals surface area contributed by atoms with Crippen LogP contribution in [0, 0.1) is 11.3 Å². The number of sulfonamides is 1. The molecule has 0 spiro atoms. The van der Waals surface area contributed by atoms with Crippen LogP contribution in [0.4, 0.5) is 0 Å². The van der Waals surface area contributed by atoms with Crippen molar-refractivity contribution in [3.05, 3.63) is 24.3 Å². The lowest BCUT2D eigenvalue weighted by atomic mass is 9.90. The summed E-state index contributed by atoms with van der Waals surface area (Å²) in [5, 5.41) is 0. The van der Waals surface area contributed by atoms with E-state index in [9.17, 15) is 18.0 Å². The fourth-order valence-electron chi connectivity index (χ4n) is 4.14. The van der Waals surface area contributed by atoms with Crippen LogP contribution < -0.4 is 4.74 Å². The van der Waals surface area contributed by atoms with Crippen molar-refractivity contribution >= 4 is 21.8 Å². The van der Waals surface area contributed by atoms with Crippen LogP contribution in [0.5, 0.6) is 5.75 Å². The topological polar surface area (TPSA) is 87.2 Å². The Bertz CT molecular complexity index is 900. The van der Waals surface area contributed by atoms with Crippen LogP contribution in [0.1, 0.15) is 33.6 Å². The van der Waals surface area contributed by atoms with Gasteiger partial charge in [-0.25, -0.2) is 8.42 Å². The Morgan fingerprint density at radius 2 is 1.58 bits per heavy atom. The number of ether oxygens (including phenoxy) is 1. The van der Waals surface area contributed by atoms with E-state index in [0.717, 1.165) is 12.8 Å². The second-order valence-electron chi connectivity index (χ2n) is 9.25. The first-order valence-electron chi connectivity index (χ1n) is 10.8. The molecule has 3 rings (SSSR count). The highest BCUT2D eigenvalue weighted by molar-refractivity contribution is 7.89. The predicted molar refractivity (Wildman–Crippen MR) is 117 cm³/mol. The first-order valence-corrected chi connectivity index (χ1v) is 12.2. The highest BCUT2D eigenvalue weighted by atomic mass is 32.2. The summed E-state index contributed by atoms with van der Waals surface area (Å²) >= 11 is 0. The number of nitrogens with zero attached hydrogens (tertiary/aromatic N) is 3. The fraction of sp³-hybridized carbons (Fsp3) is 0.636. The standard InChI is InChI=1S/C22H33N3O5S/c1-22(2,3)21(27)24-11-5-6-17(16-24)20(26)23-12-14-25(15-13-23)31(28,29)19-9-7-18(30-4)8-10-19/h7-10,17H,5-6,11-16H2,1-4H3. The molecule has 2 aliphatic heterocycles. The van der Waals surface area contributed by atoms with Gasteiger partial charge in [0.15, 0.2) is 0 Å². The van der Waals surface area contributed by atoms with Crippen LogP contribution in [0.3, 0.4) is 0 Å². The van der Waals surface area contributed by atoms with Crippen molar-refractivity contribution in [2.45, 2.75) is 38.5 Å². The lowest BCUT2D eigenvalue weighted by molar-refractivity contribution is -0.145. The summed E-state index contributed by atoms with van der Waals surface area (Å²) in [5.74, 6) is 0.471. The zero-order chi connectivity index (χ0) is 22.8. The summed E-state index contributed by atoms with van der Waals surface area (Å²) in [6.07, 6.45) is 1.57. The number of rotatable bonds is 4. The van der Waals surface area contributed by atoms with Crippen molar-refractivity contribution in [3.8, 4) is 5.75 Å². The smallest absolute Gasteiger partial charge is 0.243 e. The Hall–Kier alpha value is -2.13. The third-order valence-electron chi connectivity index (χ3n) is 5.95. The van der Waals surface area contributed by atoms with Crippen LogP contribution in [-0.4, -0.2) is 80.7 Å². The minimum Gasteiger partial charge on any atom is -0.497 e. The van der Waals surface area contributed by atoms with Crippen molar-refractivity contribution in [2.24, 2.45) is 11.3 Å². The highest BCUT2D eigenvalue weighted by Crippen LogP contribution is 2.26. The predicted octanol–water partition coefficient (Wildman–Crippen LogP) is 1.81. The molecular formula is C22H33N3O5S. The lowest BCUT2D eigenvalue weighted by Gasteiger charge is -2.39. The molecule has 31 heavy (non-hydrogen) atoms. The molecule has 1 unspecified atom stereocenters. The Morgan fingerprint density at radius 3 is 2.13 bits per heavy atom. The SMILES string of the molecule is COc1ccc(S(=O)(=O)N2CCN(C(=O)C3CCCN(C(=O)C(C)(C)C)C3)CC2)cc1. The second-order valence-corrected chi connectivity index (χ2v) is 11.2. The maximum absolute atomic E-state index is 13.1. The minimum atomic E-state index is -3.61. The van der Waals surface area contributed by atoms with Crippen molar-refractivity contribution in [3.63, 3.8) is 0 Å². The van der Waals surface area contributed by atoms with Gasteiger partial charge < -0.3 is 14.5 Å². The fourth-order valence-corrected chi connectivity index (χ4v) is 5.56. The molecule has 2 heterocycles. The number of amides is 2. The maximum atomic E-state index is 13.1. The van der Waals surface area contributed by atoms with Gasteiger partial charge in [-0.1, -0.05) is 20.8 Å². The maximum Gasteiger partial charge on any atom is 0.243 e. The number of piperidine rings is 1. The Balaban J connectivity index is 1.59. The molecular weight excluding hydrogens is 418 g/mol. The van der Waals surface area contributed by atoms with Crippen molar-refractivity contribution in [1.82, 2.24) is 14.1 Å². The highest BCUT2D eigenvalue weighted by Gasteiger charge is 2.37. The van der Waals surface area contributed by atoms with E-state index in [-0.39, 0.29) is 35.7 Å². The molecule has 9 heteroatoms. The van der Waals surface area contributed by atoms with Gasteiger partial charge >= 0.3 is 0 Å². The Labute approximate surface area is 185 Å². The molecule has 0 aromatic heterocycles. The monoisotopic (exact) mass is 451 g/mol. The molecule has 2 saturated heterocycles. The molecule has 0 aliphatic carbocycles. The van der Waals surface area contributed by atoms with E-state index in [4.69, 9.17) is 4.74 Å². The summed E-state index contributed by atoms with van der Waals surface area (Å²) in [4.78, 5) is 29.5. The lowest BCUT2D eigenvalue weighted by Crippen LogP contribution is -2.54. The van der Waals surface area contributed by atoms with E-state index < -0.39 is 15.4 Å². The van der Waals surface area contributed by atoms with Crippen LogP contribution in [0.15, 0.2) is 29.2 Å². The number of hydrogen-bond acceptors (Lipinski definition) is 5. The van der Waals surface area contributed by atoms with E-state index in [0.29, 0.717) is 31.9 Å². The quantitative estimate of drug-likeness (QED) is 0.697. The average molecular weight is 452 g/mol. The number of likely N-dealkylation sites (tertiary alicyclic amines) is 1. The van der Waals surface area contributed by atoms with E-state index >= 15 is 0 Å². The molecule has 1 atom stereocenters. The number of methoxy groups -OCH3 is 1. The zero-order valence-electron chi connectivity index (χ0n) is 18.8. The number of hydrogen-bond donors (Lipinski definition) is 0. The van der Waals surface area contributed by atoms with Gasteiger partial charge in [0.05, 0.1) is 17.9 Å². The summed E-state index contributed by atoms with van der Waals surface area (Å²) in [7, 11) is -2.08. The molecule has 0 saturated carbocycles. The van der Waals surface area contributed by atoms with Gasteiger partial charge in [0.1, 0.15) is 5.75 Å². The van der Waals surface area contributed by atoms with Crippen LogP contribution in [-0.2, 0) is 19.6 Å². The summed E-state index contributed by atoms with van der Waals surface area (Å²) in [6, 6.07) is 6.32. The third kappa shape index (κ3) is 5.20.